The number of aromatic nitrogens is 3. The number of hydrogen-bond acceptors (Lipinski definition) is 5. The molecule has 0 aromatic carbocycles. The van der Waals surface area contributed by atoms with Gasteiger partial charge in [-0.2, -0.15) is 0 Å². The molecule has 0 aliphatic carbocycles. The Hall–Kier alpha value is -2.01. The first-order valence-electron chi connectivity index (χ1n) is 5.98. The molecule has 1 aliphatic rings. The first kappa shape index (κ1) is 11.1. The van der Waals surface area contributed by atoms with Crippen LogP contribution in [0.4, 0.5) is 0 Å². The summed E-state index contributed by atoms with van der Waals surface area (Å²) in [5.74, 6) is 0.782. The predicted molar refractivity (Wildman–Crippen MR) is 67.2 cm³/mol. The summed E-state index contributed by atoms with van der Waals surface area (Å²) in [6.45, 7) is 1.78. The van der Waals surface area contributed by atoms with Gasteiger partial charge in [-0.3, -0.25) is 4.98 Å². The molecule has 0 bridgehead atoms. The maximum Gasteiger partial charge on any atom is 0.138 e. The van der Waals surface area contributed by atoms with Gasteiger partial charge in [0.25, 0.3) is 0 Å². The van der Waals surface area contributed by atoms with E-state index in [1.54, 1.807) is 24.8 Å². The van der Waals surface area contributed by atoms with Crippen LogP contribution in [0.1, 0.15) is 6.42 Å². The van der Waals surface area contributed by atoms with Crippen LogP contribution in [0.25, 0.3) is 11.1 Å². The monoisotopic (exact) mass is 242 g/mol. The van der Waals surface area contributed by atoms with Crippen molar-refractivity contribution in [3.05, 3.63) is 37.2 Å². The molecule has 5 heteroatoms. The molecule has 3 rings (SSSR count). The van der Waals surface area contributed by atoms with Crippen molar-refractivity contribution >= 4 is 0 Å². The normalized spacial score (nSPS) is 18.1. The van der Waals surface area contributed by atoms with Crippen molar-refractivity contribution in [2.24, 2.45) is 0 Å². The Morgan fingerprint density at radius 3 is 2.61 bits per heavy atom. The second-order valence-electron chi connectivity index (χ2n) is 4.29. The Morgan fingerprint density at radius 2 is 1.89 bits per heavy atom. The molecule has 1 saturated heterocycles. The van der Waals surface area contributed by atoms with Crippen LogP contribution < -0.4 is 10.1 Å². The van der Waals surface area contributed by atoms with Crippen LogP contribution in [0, 0.1) is 0 Å². The third kappa shape index (κ3) is 2.46. The van der Waals surface area contributed by atoms with E-state index in [0.29, 0.717) is 12.6 Å². The minimum atomic E-state index is 0.480. The quantitative estimate of drug-likeness (QED) is 0.875. The van der Waals surface area contributed by atoms with Gasteiger partial charge in [0.05, 0.1) is 6.20 Å². The Balaban J connectivity index is 1.72. The van der Waals surface area contributed by atoms with Crippen LogP contribution in [0.15, 0.2) is 37.2 Å². The van der Waals surface area contributed by atoms with Crippen LogP contribution in [-0.4, -0.2) is 34.1 Å². The van der Waals surface area contributed by atoms with E-state index in [2.05, 4.69) is 20.3 Å². The van der Waals surface area contributed by atoms with E-state index in [0.717, 1.165) is 23.4 Å². The third-order valence-electron chi connectivity index (χ3n) is 2.98. The van der Waals surface area contributed by atoms with E-state index < -0.39 is 0 Å². The lowest BCUT2D eigenvalue weighted by molar-refractivity contribution is 0.217. The second-order valence-corrected chi connectivity index (χ2v) is 4.29. The van der Waals surface area contributed by atoms with Crippen molar-refractivity contribution in [1.82, 2.24) is 20.3 Å². The minimum Gasteiger partial charge on any atom is -0.490 e. The number of nitrogens with zero attached hydrogens (tertiary/aromatic N) is 3. The van der Waals surface area contributed by atoms with Gasteiger partial charge < -0.3 is 10.1 Å². The molecule has 3 heterocycles. The molecule has 1 fully saturated rings. The molecule has 0 saturated carbocycles. The topological polar surface area (TPSA) is 59.9 Å². The van der Waals surface area contributed by atoms with Crippen molar-refractivity contribution in [1.29, 1.82) is 0 Å². The van der Waals surface area contributed by atoms with Gasteiger partial charge in [0.15, 0.2) is 0 Å². The van der Waals surface area contributed by atoms with E-state index >= 15 is 0 Å². The van der Waals surface area contributed by atoms with Crippen LogP contribution in [0.5, 0.6) is 5.75 Å². The summed E-state index contributed by atoms with van der Waals surface area (Å²) in [6.07, 6.45) is 9.74. The SMILES string of the molecule is c1ncc(-c2cncc(OC[C@@H]3CCN3)c2)cn1. The number of pyridine rings is 1. The highest BCUT2D eigenvalue weighted by atomic mass is 16.5. The van der Waals surface area contributed by atoms with Gasteiger partial charge in [-0.15, -0.1) is 0 Å². The maximum absolute atomic E-state index is 5.71. The van der Waals surface area contributed by atoms with Crippen molar-refractivity contribution in [2.45, 2.75) is 12.5 Å². The van der Waals surface area contributed by atoms with Crippen LogP contribution in [-0.2, 0) is 0 Å². The lowest BCUT2D eigenvalue weighted by atomic mass is 10.1. The van der Waals surface area contributed by atoms with Crippen molar-refractivity contribution in [3.8, 4) is 16.9 Å². The molecular weight excluding hydrogens is 228 g/mol. The van der Waals surface area contributed by atoms with Crippen molar-refractivity contribution in [2.75, 3.05) is 13.2 Å². The zero-order valence-corrected chi connectivity index (χ0v) is 9.91. The van der Waals surface area contributed by atoms with Gasteiger partial charge in [-0.25, -0.2) is 9.97 Å². The Kier molecular flexibility index (Phi) is 3.14. The molecule has 2 aromatic heterocycles. The van der Waals surface area contributed by atoms with Gasteiger partial charge in [-0.05, 0) is 19.0 Å². The van der Waals surface area contributed by atoms with Crippen LogP contribution in [0.2, 0.25) is 0 Å². The number of rotatable bonds is 4. The Morgan fingerprint density at radius 1 is 1.11 bits per heavy atom. The van der Waals surface area contributed by atoms with E-state index in [1.807, 2.05) is 6.07 Å². The summed E-state index contributed by atoms with van der Waals surface area (Å²) >= 11 is 0. The van der Waals surface area contributed by atoms with Gasteiger partial charge in [0.2, 0.25) is 0 Å². The summed E-state index contributed by atoms with van der Waals surface area (Å²) < 4.78 is 5.71. The first-order chi connectivity index (χ1) is 8.92. The molecule has 5 nitrogen and oxygen atoms in total. The van der Waals surface area contributed by atoms with Gasteiger partial charge in [0.1, 0.15) is 18.7 Å². The van der Waals surface area contributed by atoms with Gasteiger partial charge in [-0.1, -0.05) is 0 Å². The number of nitrogens with one attached hydrogen (secondary N) is 1. The van der Waals surface area contributed by atoms with E-state index in [9.17, 15) is 0 Å². The molecule has 92 valence electrons. The van der Waals surface area contributed by atoms with Crippen LogP contribution >= 0.6 is 0 Å². The molecule has 0 radical (unpaired) electrons. The molecule has 1 atom stereocenters. The zero-order valence-electron chi connectivity index (χ0n) is 9.91. The van der Waals surface area contributed by atoms with Crippen LogP contribution in [0.3, 0.4) is 0 Å². The summed E-state index contributed by atoms with van der Waals surface area (Å²) in [5, 5.41) is 3.30. The summed E-state index contributed by atoms with van der Waals surface area (Å²) in [4.78, 5) is 12.2. The Labute approximate surface area is 105 Å². The van der Waals surface area contributed by atoms with Gasteiger partial charge in [0, 0.05) is 35.8 Å². The number of ether oxygens (including phenoxy) is 1. The molecule has 0 amide bonds. The molecule has 0 spiro atoms. The van der Waals surface area contributed by atoms with E-state index in [4.69, 9.17) is 4.74 Å². The first-order valence-corrected chi connectivity index (χ1v) is 5.98. The standard InChI is InChI=1S/C13H14N4O/c1-2-17-12(1)8-18-13-3-10(4-14-7-13)11-5-15-9-16-6-11/h3-7,9,12,17H,1-2,8H2/t12-/m0/s1. The molecule has 1 N–H and O–H groups in total. The summed E-state index contributed by atoms with van der Waals surface area (Å²) in [6, 6.07) is 2.44. The highest BCUT2D eigenvalue weighted by molar-refractivity contribution is 5.61. The van der Waals surface area contributed by atoms with E-state index in [1.165, 1.54) is 12.7 Å². The third-order valence-corrected chi connectivity index (χ3v) is 2.98. The molecule has 1 aliphatic heterocycles. The lowest BCUT2D eigenvalue weighted by Crippen LogP contribution is -2.46. The fourth-order valence-corrected chi connectivity index (χ4v) is 1.79. The smallest absolute Gasteiger partial charge is 0.138 e. The average Bonchev–Trinajstić information content (AvgIpc) is 2.38. The minimum absolute atomic E-state index is 0.480. The maximum atomic E-state index is 5.71. The highest BCUT2D eigenvalue weighted by Gasteiger charge is 2.16. The zero-order chi connectivity index (χ0) is 12.2. The molecular formula is C13H14N4O. The van der Waals surface area contributed by atoms with Crippen molar-refractivity contribution in [3.63, 3.8) is 0 Å². The second kappa shape index (κ2) is 5.10. The summed E-state index contributed by atoms with van der Waals surface area (Å²) in [5.41, 5.74) is 1.91. The van der Waals surface area contributed by atoms with Gasteiger partial charge >= 0.3 is 0 Å². The fourth-order valence-electron chi connectivity index (χ4n) is 1.79. The lowest BCUT2D eigenvalue weighted by Gasteiger charge is -2.27. The molecule has 0 unspecified atom stereocenters. The highest BCUT2D eigenvalue weighted by Crippen LogP contribution is 2.21. The summed E-state index contributed by atoms with van der Waals surface area (Å²) in [7, 11) is 0. The molecule has 18 heavy (non-hydrogen) atoms. The van der Waals surface area contributed by atoms with E-state index in [-0.39, 0.29) is 0 Å². The fraction of sp³-hybridized carbons (Fsp3) is 0.308. The average molecular weight is 242 g/mol. The molecule has 2 aromatic rings. The largest absolute Gasteiger partial charge is 0.490 e. The predicted octanol–water partition coefficient (Wildman–Crippen LogP) is 1.28. The Bertz CT molecular complexity index is 513. The number of hydrogen-bond donors (Lipinski definition) is 1. The van der Waals surface area contributed by atoms with Crippen molar-refractivity contribution < 1.29 is 4.74 Å².